The second-order valence-electron chi connectivity index (χ2n) is 5.02. The van der Waals surface area contributed by atoms with E-state index in [9.17, 15) is 0 Å². The lowest BCUT2D eigenvalue weighted by molar-refractivity contribution is 1.04. The molecule has 3 nitrogen and oxygen atoms in total. The molecule has 0 saturated heterocycles. The molecule has 0 unspecified atom stereocenters. The largest absolute Gasteiger partial charge is 0.331 e. The monoisotopic (exact) mass is 375 g/mol. The van der Waals surface area contributed by atoms with Crippen LogP contribution in [0, 0.1) is 13.8 Å². The molecule has 2 aromatic carbocycles. The first-order valence-corrected chi connectivity index (χ1v) is 8.11. The van der Waals surface area contributed by atoms with Crippen LogP contribution in [-0.4, -0.2) is 10.8 Å². The van der Waals surface area contributed by atoms with Crippen molar-refractivity contribution in [2.75, 3.05) is 5.32 Å². The molecule has 2 rings (SSSR count). The number of aryl methyl sites for hydroxylation is 1. The second kappa shape index (κ2) is 7.51. The number of hydrogen-bond donors (Lipinski definition) is 2. The maximum Gasteiger partial charge on any atom is 0.191 e. The van der Waals surface area contributed by atoms with Gasteiger partial charge in [-0.15, -0.1) is 0 Å². The zero-order valence-corrected chi connectivity index (χ0v) is 15.2. The Balaban J connectivity index is 2.03. The quantitative estimate of drug-likeness (QED) is 0.460. The summed E-state index contributed by atoms with van der Waals surface area (Å²) < 4.78 is 1.02. The Morgan fingerprint density at radius 2 is 1.86 bits per heavy atom. The van der Waals surface area contributed by atoms with E-state index < -0.39 is 0 Å². The minimum atomic E-state index is 0.475. The summed E-state index contributed by atoms with van der Waals surface area (Å²) in [6.45, 7) is 6.08. The molecule has 0 atom stereocenters. The third kappa shape index (κ3) is 4.39. The Morgan fingerprint density at radius 3 is 2.59 bits per heavy atom. The summed E-state index contributed by atoms with van der Waals surface area (Å²) >= 11 is 8.75. The van der Waals surface area contributed by atoms with Crippen molar-refractivity contribution in [3.05, 3.63) is 63.6 Å². The molecule has 2 aromatic rings. The van der Waals surface area contributed by atoms with Crippen LogP contribution in [0.15, 0.2) is 52.0 Å². The van der Waals surface area contributed by atoms with E-state index in [4.69, 9.17) is 12.2 Å². The van der Waals surface area contributed by atoms with Crippen LogP contribution in [0.25, 0.3) is 0 Å². The van der Waals surface area contributed by atoms with Gasteiger partial charge in [0.05, 0.1) is 5.71 Å². The Hall–Kier alpha value is -1.72. The smallest absolute Gasteiger partial charge is 0.191 e. The Morgan fingerprint density at radius 1 is 1.14 bits per heavy atom. The summed E-state index contributed by atoms with van der Waals surface area (Å²) in [5, 5.41) is 7.97. The van der Waals surface area contributed by atoms with Gasteiger partial charge in [0.25, 0.3) is 0 Å². The van der Waals surface area contributed by atoms with Crippen molar-refractivity contribution in [1.82, 2.24) is 5.43 Å². The van der Waals surface area contributed by atoms with E-state index >= 15 is 0 Å². The van der Waals surface area contributed by atoms with Crippen LogP contribution in [0.5, 0.6) is 0 Å². The fraction of sp³-hybridized carbons (Fsp3) is 0.176. The molecule has 0 spiro atoms. The standard InChI is InChI=1S/C17H18BrN3S/c1-11-6-4-9-16(12(11)2)19-17(22)21-20-13(3)14-7-5-8-15(18)10-14/h4-10H,1-3H3,(H2,19,21,22)/b20-13-. The zero-order chi connectivity index (χ0) is 16.1. The lowest BCUT2D eigenvalue weighted by Crippen LogP contribution is -2.25. The number of halogens is 1. The zero-order valence-electron chi connectivity index (χ0n) is 12.8. The molecule has 114 valence electrons. The normalized spacial score (nSPS) is 11.2. The van der Waals surface area contributed by atoms with Gasteiger partial charge in [0.1, 0.15) is 0 Å². The average Bonchev–Trinajstić information content (AvgIpc) is 2.49. The maximum absolute atomic E-state index is 5.29. The number of nitrogens with zero attached hydrogens (tertiary/aromatic N) is 1. The molecule has 22 heavy (non-hydrogen) atoms. The molecule has 0 radical (unpaired) electrons. The minimum Gasteiger partial charge on any atom is -0.331 e. The fourth-order valence-electron chi connectivity index (χ4n) is 1.95. The number of anilines is 1. The predicted molar refractivity (Wildman–Crippen MR) is 102 cm³/mol. The SMILES string of the molecule is C/C(=N/NC(=S)Nc1cccc(C)c1C)c1cccc(Br)c1. The summed E-state index contributed by atoms with van der Waals surface area (Å²) in [6, 6.07) is 14.1. The van der Waals surface area contributed by atoms with E-state index in [-0.39, 0.29) is 0 Å². The molecular formula is C17H18BrN3S. The molecule has 0 aliphatic heterocycles. The third-order valence-corrected chi connectivity index (χ3v) is 4.11. The number of nitrogens with one attached hydrogen (secondary N) is 2. The lowest BCUT2D eigenvalue weighted by Gasteiger charge is -2.12. The van der Waals surface area contributed by atoms with Crippen molar-refractivity contribution in [3.63, 3.8) is 0 Å². The van der Waals surface area contributed by atoms with Gasteiger partial charge in [-0.3, -0.25) is 5.43 Å². The maximum atomic E-state index is 5.29. The minimum absolute atomic E-state index is 0.475. The van der Waals surface area contributed by atoms with Gasteiger partial charge in [-0.05, 0) is 67.9 Å². The van der Waals surface area contributed by atoms with Crippen LogP contribution in [0.2, 0.25) is 0 Å². The number of hydrogen-bond acceptors (Lipinski definition) is 2. The molecule has 0 bridgehead atoms. The van der Waals surface area contributed by atoms with Crippen molar-refractivity contribution >= 4 is 44.7 Å². The molecule has 0 amide bonds. The molecule has 5 heteroatoms. The highest BCUT2D eigenvalue weighted by Crippen LogP contribution is 2.17. The molecule has 0 aromatic heterocycles. The van der Waals surface area contributed by atoms with E-state index in [1.807, 2.05) is 43.3 Å². The van der Waals surface area contributed by atoms with Crippen LogP contribution >= 0.6 is 28.1 Å². The predicted octanol–water partition coefficient (Wildman–Crippen LogP) is 4.78. The van der Waals surface area contributed by atoms with Gasteiger partial charge < -0.3 is 5.32 Å². The number of thiocarbonyl (C=S) groups is 1. The van der Waals surface area contributed by atoms with E-state index in [0.717, 1.165) is 21.4 Å². The Kier molecular flexibility index (Phi) is 5.69. The van der Waals surface area contributed by atoms with Crippen molar-refractivity contribution in [2.24, 2.45) is 5.10 Å². The van der Waals surface area contributed by atoms with E-state index in [1.165, 1.54) is 11.1 Å². The highest BCUT2D eigenvalue weighted by molar-refractivity contribution is 9.10. The van der Waals surface area contributed by atoms with Crippen LogP contribution in [-0.2, 0) is 0 Å². The van der Waals surface area contributed by atoms with Gasteiger partial charge in [0, 0.05) is 10.2 Å². The van der Waals surface area contributed by atoms with Crippen molar-refractivity contribution < 1.29 is 0 Å². The van der Waals surface area contributed by atoms with Gasteiger partial charge in [-0.2, -0.15) is 5.10 Å². The fourth-order valence-corrected chi connectivity index (χ4v) is 2.50. The number of rotatable bonds is 3. The van der Waals surface area contributed by atoms with Gasteiger partial charge in [0.15, 0.2) is 5.11 Å². The van der Waals surface area contributed by atoms with E-state index in [0.29, 0.717) is 5.11 Å². The van der Waals surface area contributed by atoms with Gasteiger partial charge >= 0.3 is 0 Å². The molecule has 0 heterocycles. The van der Waals surface area contributed by atoms with Crippen molar-refractivity contribution in [3.8, 4) is 0 Å². The lowest BCUT2D eigenvalue weighted by atomic mass is 10.1. The molecule has 0 saturated carbocycles. The number of hydrazone groups is 1. The van der Waals surface area contributed by atoms with Crippen molar-refractivity contribution in [1.29, 1.82) is 0 Å². The van der Waals surface area contributed by atoms with Gasteiger partial charge in [-0.1, -0.05) is 40.2 Å². The molecule has 0 aliphatic rings. The summed E-state index contributed by atoms with van der Waals surface area (Å²) in [4.78, 5) is 0. The molecule has 0 aliphatic carbocycles. The third-order valence-electron chi connectivity index (χ3n) is 3.42. The summed E-state index contributed by atoms with van der Waals surface area (Å²) in [6.07, 6.45) is 0. The highest BCUT2D eigenvalue weighted by Gasteiger charge is 2.03. The van der Waals surface area contributed by atoms with Gasteiger partial charge in [-0.25, -0.2) is 0 Å². The summed E-state index contributed by atoms with van der Waals surface area (Å²) in [7, 11) is 0. The second-order valence-corrected chi connectivity index (χ2v) is 6.34. The first kappa shape index (κ1) is 16.6. The Labute approximate surface area is 145 Å². The Bertz CT molecular complexity index is 726. The molecule has 2 N–H and O–H groups in total. The molecule has 0 fully saturated rings. The van der Waals surface area contributed by atoms with Gasteiger partial charge in [0.2, 0.25) is 0 Å². The van der Waals surface area contributed by atoms with Crippen molar-refractivity contribution in [2.45, 2.75) is 20.8 Å². The highest BCUT2D eigenvalue weighted by atomic mass is 79.9. The first-order valence-electron chi connectivity index (χ1n) is 6.91. The molecular weight excluding hydrogens is 358 g/mol. The van der Waals surface area contributed by atoms with Crippen LogP contribution in [0.3, 0.4) is 0 Å². The van der Waals surface area contributed by atoms with E-state index in [1.54, 1.807) is 0 Å². The van der Waals surface area contributed by atoms with Crippen LogP contribution in [0.4, 0.5) is 5.69 Å². The van der Waals surface area contributed by atoms with E-state index in [2.05, 4.69) is 51.7 Å². The van der Waals surface area contributed by atoms with Crippen LogP contribution < -0.4 is 10.7 Å². The topological polar surface area (TPSA) is 36.4 Å². The average molecular weight is 376 g/mol. The summed E-state index contributed by atoms with van der Waals surface area (Å²) in [5.41, 5.74) is 8.19. The van der Waals surface area contributed by atoms with Crippen LogP contribution in [0.1, 0.15) is 23.6 Å². The summed E-state index contributed by atoms with van der Waals surface area (Å²) in [5.74, 6) is 0. The number of benzene rings is 2. The first-order chi connectivity index (χ1) is 10.5.